The Bertz CT molecular complexity index is 1300. The number of alkyl halides is 3. The maximum atomic E-state index is 13.4. The molecule has 3 aromatic rings. The van der Waals surface area contributed by atoms with Crippen LogP contribution in [0.4, 0.5) is 24.7 Å². The van der Waals surface area contributed by atoms with E-state index in [1.54, 1.807) is 11.0 Å². The number of aromatic nitrogens is 2. The van der Waals surface area contributed by atoms with Gasteiger partial charge in [0.05, 0.1) is 22.7 Å². The van der Waals surface area contributed by atoms with Gasteiger partial charge in [-0.15, -0.1) is 10.2 Å². The van der Waals surface area contributed by atoms with Gasteiger partial charge >= 0.3 is 6.18 Å². The zero-order chi connectivity index (χ0) is 26.6. The molecule has 0 radical (unpaired) electrons. The number of non-ortho nitro benzene ring substituents is 1. The van der Waals surface area contributed by atoms with E-state index in [0.29, 0.717) is 24.3 Å². The van der Waals surface area contributed by atoms with Crippen LogP contribution in [0.25, 0.3) is 0 Å². The smallest absolute Gasteiger partial charge is 0.347 e. The SMILES string of the molecule is O=C(NCc1ccc([N+](=O)[O-])cc1)c1ccc(N2CCCN(C(=O)c3ccccc3C(F)(F)F)C2)nn1. The van der Waals surface area contributed by atoms with E-state index in [2.05, 4.69) is 15.5 Å². The molecule has 0 aliphatic carbocycles. The normalized spacial score (nSPS) is 13.8. The lowest BCUT2D eigenvalue weighted by molar-refractivity contribution is -0.384. The summed E-state index contributed by atoms with van der Waals surface area (Å²) in [4.78, 5) is 38.5. The monoisotopic (exact) mass is 514 g/mol. The summed E-state index contributed by atoms with van der Waals surface area (Å²) >= 11 is 0. The summed E-state index contributed by atoms with van der Waals surface area (Å²) in [5.74, 6) is -0.863. The Morgan fingerprint density at radius 2 is 1.73 bits per heavy atom. The van der Waals surface area contributed by atoms with Crippen molar-refractivity contribution in [3.8, 4) is 0 Å². The van der Waals surface area contributed by atoms with Crippen LogP contribution in [0.1, 0.15) is 38.4 Å². The first-order valence-electron chi connectivity index (χ1n) is 11.2. The van der Waals surface area contributed by atoms with Crippen molar-refractivity contribution in [1.29, 1.82) is 0 Å². The number of carbonyl (C=O) groups is 2. The van der Waals surface area contributed by atoms with Crippen LogP contribution in [0.15, 0.2) is 60.7 Å². The predicted octanol–water partition coefficient (Wildman–Crippen LogP) is 3.64. The molecule has 1 aromatic heterocycles. The highest BCUT2D eigenvalue weighted by Crippen LogP contribution is 2.32. The highest BCUT2D eigenvalue weighted by atomic mass is 19.4. The Labute approximate surface area is 208 Å². The Hall–Kier alpha value is -4.55. The van der Waals surface area contributed by atoms with E-state index in [1.165, 1.54) is 47.4 Å². The zero-order valence-corrected chi connectivity index (χ0v) is 19.3. The second-order valence-electron chi connectivity index (χ2n) is 8.25. The van der Waals surface area contributed by atoms with Crippen molar-refractivity contribution in [3.05, 3.63) is 93.2 Å². The summed E-state index contributed by atoms with van der Waals surface area (Å²) in [6.07, 6.45) is -4.14. The molecule has 0 unspecified atom stereocenters. The number of nitro benzene ring substituents is 1. The van der Waals surface area contributed by atoms with Crippen LogP contribution in [0, 0.1) is 10.1 Å². The van der Waals surface area contributed by atoms with Crippen LogP contribution in [-0.2, 0) is 12.7 Å². The molecule has 0 spiro atoms. The molecule has 192 valence electrons. The number of benzene rings is 2. The van der Waals surface area contributed by atoms with Gasteiger partial charge in [0.2, 0.25) is 0 Å². The van der Waals surface area contributed by atoms with Gasteiger partial charge in [-0.2, -0.15) is 13.2 Å². The minimum atomic E-state index is -4.65. The molecule has 2 aromatic carbocycles. The van der Waals surface area contributed by atoms with Crippen LogP contribution >= 0.6 is 0 Å². The van der Waals surface area contributed by atoms with Gasteiger partial charge in [0.15, 0.2) is 11.5 Å². The molecule has 1 aliphatic heterocycles. The van der Waals surface area contributed by atoms with Crippen LogP contribution in [-0.4, -0.2) is 51.6 Å². The second kappa shape index (κ2) is 10.6. The molecule has 0 saturated carbocycles. The maximum Gasteiger partial charge on any atom is 0.417 e. The fourth-order valence-electron chi connectivity index (χ4n) is 3.86. The van der Waals surface area contributed by atoms with Gasteiger partial charge < -0.3 is 15.1 Å². The van der Waals surface area contributed by atoms with Gasteiger partial charge in [0, 0.05) is 31.8 Å². The van der Waals surface area contributed by atoms with Crippen molar-refractivity contribution in [3.63, 3.8) is 0 Å². The molecular weight excluding hydrogens is 493 g/mol. The van der Waals surface area contributed by atoms with E-state index in [9.17, 15) is 32.9 Å². The number of hydrogen-bond donors (Lipinski definition) is 1. The van der Waals surface area contributed by atoms with E-state index in [-0.39, 0.29) is 31.1 Å². The lowest BCUT2D eigenvalue weighted by Crippen LogP contribution is -2.48. The van der Waals surface area contributed by atoms with E-state index < -0.39 is 34.0 Å². The molecule has 1 N–H and O–H groups in total. The minimum Gasteiger partial charge on any atom is -0.347 e. The Morgan fingerprint density at radius 1 is 1.00 bits per heavy atom. The molecule has 4 rings (SSSR count). The minimum absolute atomic E-state index is 0.0192. The third-order valence-corrected chi connectivity index (χ3v) is 5.75. The molecule has 2 amide bonds. The molecule has 13 heteroatoms. The van der Waals surface area contributed by atoms with Gasteiger partial charge in [0.1, 0.15) is 0 Å². The zero-order valence-electron chi connectivity index (χ0n) is 19.3. The fourth-order valence-corrected chi connectivity index (χ4v) is 3.86. The Balaban J connectivity index is 1.38. The number of rotatable bonds is 6. The van der Waals surface area contributed by atoms with Crippen molar-refractivity contribution in [2.45, 2.75) is 19.1 Å². The predicted molar refractivity (Wildman–Crippen MR) is 126 cm³/mol. The van der Waals surface area contributed by atoms with E-state index in [0.717, 1.165) is 12.1 Å². The first-order valence-corrected chi connectivity index (χ1v) is 11.2. The van der Waals surface area contributed by atoms with Crippen molar-refractivity contribution in [1.82, 2.24) is 20.4 Å². The summed E-state index contributed by atoms with van der Waals surface area (Å²) in [5, 5.41) is 21.4. The average Bonchev–Trinajstić information content (AvgIpc) is 2.91. The van der Waals surface area contributed by atoms with E-state index in [4.69, 9.17) is 0 Å². The van der Waals surface area contributed by atoms with Crippen LogP contribution in [0.5, 0.6) is 0 Å². The number of nitro groups is 1. The third kappa shape index (κ3) is 6.00. The molecule has 1 fully saturated rings. The molecular formula is C24H21F3N6O4. The van der Waals surface area contributed by atoms with Gasteiger partial charge in [-0.05, 0) is 36.2 Å². The maximum absolute atomic E-state index is 13.4. The van der Waals surface area contributed by atoms with Gasteiger partial charge in [-0.1, -0.05) is 24.3 Å². The number of halogens is 3. The number of amides is 2. The highest BCUT2D eigenvalue weighted by molar-refractivity contribution is 5.96. The van der Waals surface area contributed by atoms with Gasteiger partial charge in [-0.25, -0.2) is 0 Å². The largest absolute Gasteiger partial charge is 0.417 e. The molecule has 37 heavy (non-hydrogen) atoms. The molecule has 10 nitrogen and oxygen atoms in total. The number of carbonyl (C=O) groups excluding carboxylic acids is 2. The highest BCUT2D eigenvalue weighted by Gasteiger charge is 2.36. The first-order chi connectivity index (χ1) is 17.6. The standard InChI is InChI=1S/C24H21F3N6O4/c25-24(26,27)19-5-2-1-4-18(19)23(35)32-13-3-12-31(15-32)21-11-10-20(29-30-21)22(34)28-14-16-6-8-17(9-7-16)33(36)37/h1-2,4-11H,3,12-15H2,(H,28,34). The summed E-state index contributed by atoms with van der Waals surface area (Å²) in [5.41, 5.74) is -0.758. The summed E-state index contributed by atoms with van der Waals surface area (Å²) in [6.45, 7) is 0.942. The van der Waals surface area contributed by atoms with Crippen molar-refractivity contribution >= 4 is 23.3 Å². The molecule has 2 heterocycles. The lowest BCUT2D eigenvalue weighted by Gasteiger charge is -2.36. The average molecular weight is 514 g/mol. The lowest BCUT2D eigenvalue weighted by atomic mass is 10.1. The summed E-state index contributed by atoms with van der Waals surface area (Å²) < 4.78 is 40.1. The number of hydrogen-bond acceptors (Lipinski definition) is 7. The van der Waals surface area contributed by atoms with Gasteiger partial charge in [0.25, 0.3) is 17.5 Å². The summed E-state index contributed by atoms with van der Waals surface area (Å²) in [6, 6.07) is 13.4. The number of anilines is 1. The van der Waals surface area contributed by atoms with Crippen LogP contribution in [0.2, 0.25) is 0 Å². The molecule has 1 aliphatic rings. The number of nitrogens with one attached hydrogen (secondary N) is 1. The topological polar surface area (TPSA) is 122 Å². The van der Waals surface area contributed by atoms with E-state index in [1.807, 2.05) is 0 Å². The molecule has 0 bridgehead atoms. The molecule has 0 atom stereocenters. The Morgan fingerprint density at radius 3 is 2.38 bits per heavy atom. The van der Waals surface area contributed by atoms with Gasteiger partial charge in [-0.3, -0.25) is 19.7 Å². The van der Waals surface area contributed by atoms with Crippen molar-refractivity contribution in [2.75, 3.05) is 24.7 Å². The first kappa shape index (κ1) is 25.5. The van der Waals surface area contributed by atoms with Crippen LogP contribution in [0.3, 0.4) is 0 Å². The van der Waals surface area contributed by atoms with Crippen molar-refractivity contribution < 1.29 is 27.7 Å². The molecule has 1 saturated heterocycles. The van der Waals surface area contributed by atoms with Crippen LogP contribution < -0.4 is 10.2 Å². The third-order valence-electron chi connectivity index (χ3n) is 5.75. The second-order valence-corrected chi connectivity index (χ2v) is 8.25. The Kier molecular flexibility index (Phi) is 7.32. The quantitative estimate of drug-likeness (QED) is 0.394. The van der Waals surface area contributed by atoms with E-state index >= 15 is 0 Å². The van der Waals surface area contributed by atoms with Crippen molar-refractivity contribution in [2.24, 2.45) is 0 Å². The fraction of sp³-hybridized carbons (Fsp3) is 0.250. The number of nitrogens with zero attached hydrogens (tertiary/aromatic N) is 5. The summed E-state index contributed by atoms with van der Waals surface area (Å²) in [7, 11) is 0.